The zero-order chi connectivity index (χ0) is 20.7. The van der Waals surface area contributed by atoms with Gasteiger partial charge in [-0.3, -0.25) is 0 Å². The summed E-state index contributed by atoms with van der Waals surface area (Å²) in [6.45, 7) is 0. The molecular weight excluding hydrogens is 383 g/mol. The Morgan fingerprint density at radius 1 is 0.967 bits per heavy atom. The van der Waals surface area contributed by atoms with Gasteiger partial charge in [0.15, 0.2) is 0 Å². The number of hydrogen-bond acceptors (Lipinski definition) is 5. The predicted molar refractivity (Wildman–Crippen MR) is 111 cm³/mol. The lowest BCUT2D eigenvalue weighted by Gasteiger charge is -2.38. The Balaban J connectivity index is 1.62. The second-order valence-electron chi connectivity index (χ2n) is 7.27. The zero-order valence-electron chi connectivity index (χ0n) is 16.7. The van der Waals surface area contributed by atoms with Crippen LogP contribution in [-0.4, -0.2) is 24.9 Å². The summed E-state index contributed by atoms with van der Waals surface area (Å²) < 4.78 is 30.8. The summed E-state index contributed by atoms with van der Waals surface area (Å²) in [5, 5.41) is 6.87. The molecule has 0 saturated heterocycles. The molecule has 0 amide bonds. The van der Waals surface area contributed by atoms with Crippen LogP contribution in [0.4, 0.5) is 4.39 Å². The smallest absolute Gasteiger partial charge is 0.217 e. The second kappa shape index (κ2) is 7.37. The molecule has 0 bridgehead atoms. The highest BCUT2D eigenvalue weighted by Crippen LogP contribution is 2.49. The molecule has 0 saturated carbocycles. The maximum atomic E-state index is 13.4. The van der Waals surface area contributed by atoms with E-state index in [9.17, 15) is 4.39 Å². The lowest BCUT2D eigenvalue weighted by Crippen LogP contribution is -2.33. The van der Waals surface area contributed by atoms with Crippen LogP contribution in [0.15, 0.2) is 71.8 Å². The van der Waals surface area contributed by atoms with E-state index in [1.54, 1.807) is 26.4 Å². The van der Waals surface area contributed by atoms with Gasteiger partial charge in [0, 0.05) is 12.0 Å². The van der Waals surface area contributed by atoms with E-state index < -0.39 is 6.23 Å². The standard InChI is InChI=1S/C24H21FN2O3/c1-28-17-11-12-22(29-2)19(13-17)24-27-21(18-5-3-4-6-23(18)30-24)14-20(26-27)15-7-9-16(25)10-8-15/h3-13,21,24H,14H2,1-2H3/t21-,24-/m0/s1. The van der Waals surface area contributed by atoms with Crippen molar-refractivity contribution in [2.24, 2.45) is 5.10 Å². The van der Waals surface area contributed by atoms with Gasteiger partial charge in [0.1, 0.15) is 23.1 Å². The Morgan fingerprint density at radius 2 is 1.77 bits per heavy atom. The van der Waals surface area contributed by atoms with Gasteiger partial charge in [0.25, 0.3) is 0 Å². The number of nitrogens with zero attached hydrogens (tertiary/aromatic N) is 2. The summed E-state index contributed by atoms with van der Waals surface area (Å²) in [7, 11) is 3.27. The number of fused-ring (bicyclic) bond motifs is 3. The second-order valence-corrected chi connectivity index (χ2v) is 7.27. The van der Waals surface area contributed by atoms with Gasteiger partial charge in [-0.1, -0.05) is 30.3 Å². The fourth-order valence-corrected chi connectivity index (χ4v) is 4.09. The third-order valence-electron chi connectivity index (χ3n) is 5.58. The van der Waals surface area contributed by atoms with Crippen molar-refractivity contribution in [3.05, 3.63) is 89.2 Å². The summed E-state index contributed by atoms with van der Waals surface area (Å²) in [6, 6.07) is 20.1. The SMILES string of the molecule is COc1ccc(OC)c([C@@H]2Oc3ccccc3[C@@H]3CC(c4ccc(F)cc4)=NN32)c1. The molecule has 2 aliphatic heterocycles. The van der Waals surface area contributed by atoms with E-state index in [4.69, 9.17) is 19.3 Å². The van der Waals surface area contributed by atoms with Crippen molar-refractivity contribution in [1.82, 2.24) is 5.01 Å². The van der Waals surface area contributed by atoms with Crippen molar-refractivity contribution in [3.63, 3.8) is 0 Å². The average Bonchev–Trinajstić information content (AvgIpc) is 3.24. The first kappa shape index (κ1) is 18.5. The van der Waals surface area contributed by atoms with Crippen molar-refractivity contribution in [2.45, 2.75) is 18.7 Å². The number of rotatable bonds is 4. The van der Waals surface area contributed by atoms with Crippen LogP contribution in [0, 0.1) is 5.82 Å². The van der Waals surface area contributed by atoms with Crippen LogP contribution in [0.25, 0.3) is 0 Å². The molecule has 5 nitrogen and oxygen atoms in total. The predicted octanol–water partition coefficient (Wildman–Crippen LogP) is 5.09. The van der Waals surface area contributed by atoms with Crippen molar-refractivity contribution >= 4 is 5.71 Å². The Morgan fingerprint density at radius 3 is 2.53 bits per heavy atom. The van der Waals surface area contributed by atoms with Crippen LogP contribution in [0.2, 0.25) is 0 Å². The third kappa shape index (κ3) is 3.05. The van der Waals surface area contributed by atoms with E-state index in [1.807, 2.05) is 41.4 Å². The molecular formula is C24H21FN2O3. The lowest BCUT2D eigenvalue weighted by molar-refractivity contribution is -0.0204. The minimum atomic E-state index is -0.479. The van der Waals surface area contributed by atoms with Gasteiger partial charge in [0.2, 0.25) is 6.23 Å². The van der Waals surface area contributed by atoms with Crippen molar-refractivity contribution in [2.75, 3.05) is 14.2 Å². The quantitative estimate of drug-likeness (QED) is 0.608. The van der Waals surface area contributed by atoms with E-state index in [-0.39, 0.29) is 11.9 Å². The molecule has 152 valence electrons. The monoisotopic (exact) mass is 404 g/mol. The average molecular weight is 404 g/mol. The van der Waals surface area contributed by atoms with Gasteiger partial charge in [-0.25, -0.2) is 9.40 Å². The van der Waals surface area contributed by atoms with Crippen LogP contribution in [0.5, 0.6) is 17.2 Å². The molecule has 2 aliphatic rings. The van der Waals surface area contributed by atoms with Gasteiger partial charge >= 0.3 is 0 Å². The van der Waals surface area contributed by atoms with Gasteiger partial charge in [-0.15, -0.1) is 0 Å². The van der Waals surface area contributed by atoms with Crippen molar-refractivity contribution in [1.29, 1.82) is 0 Å². The first-order valence-corrected chi connectivity index (χ1v) is 9.77. The summed E-state index contributed by atoms with van der Waals surface area (Å²) in [5.41, 5.74) is 3.71. The van der Waals surface area contributed by atoms with Gasteiger partial charge < -0.3 is 14.2 Å². The zero-order valence-corrected chi connectivity index (χ0v) is 16.7. The van der Waals surface area contributed by atoms with Gasteiger partial charge in [-0.05, 0) is 42.0 Å². The Labute approximate surface area is 174 Å². The molecule has 2 heterocycles. The van der Waals surface area contributed by atoms with Crippen LogP contribution in [0.1, 0.15) is 35.4 Å². The molecule has 0 fully saturated rings. The molecule has 3 aromatic rings. The highest BCUT2D eigenvalue weighted by molar-refractivity contribution is 6.01. The molecule has 0 aliphatic carbocycles. The molecule has 5 rings (SSSR count). The highest BCUT2D eigenvalue weighted by atomic mass is 19.1. The van der Waals surface area contributed by atoms with Crippen LogP contribution >= 0.6 is 0 Å². The van der Waals surface area contributed by atoms with Crippen LogP contribution in [0.3, 0.4) is 0 Å². The maximum Gasteiger partial charge on any atom is 0.217 e. The topological polar surface area (TPSA) is 43.3 Å². The minimum Gasteiger partial charge on any atom is -0.497 e. The number of halogens is 1. The molecule has 3 aromatic carbocycles. The summed E-state index contributed by atoms with van der Waals surface area (Å²) >= 11 is 0. The Bertz CT molecular complexity index is 1110. The number of ether oxygens (including phenoxy) is 3. The molecule has 6 heteroatoms. The van der Waals surface area contributed by atoms with Crippen molar-refractivity contribution in [3.8, 4) is 17.2 Å². The van der Waals surface area contributed by atoms with E-state index in [0.717, 1.165) is 28.2 Å². The van der Waals surface area contributed by atoms with Crippen molar-refractivity contribution < 1.29 is 18.6 Å². The lowest BCUT2D eigenvalue weighted by atomic mass is 9.96. The van der Waals surface area contributed by atoms with Crippen LogP contribution in [-0.2, 0) is 0 Å². The molecule has 0 unspecified atom stereocenters. The Kier molecular flexibility index (Phi) is 4.54. The fourth-order valence-electron chi connectivity index (χ4n) is 4.09. The van der Waals surface area contributed by atoms with Gasteiger partial charge in [0.05, 0.1) is 31.5 Å². The fraction of sp³-hybridized carbons (Fsp3) is 0.208. The molecule has 0 N–H and O–H groups in total. The maximum absolute atomic E-state index is 13.4. The van der Waals surface area contributed by atoms with E-state index >= 15 is 0 Å². The van der Waals surface area contributed by atoms with Crippen LogP contribution < -0.4 is 14.2 Å². The molecule has 0 spiro atoms. The number of methoxy groups -OCH3 is 2. The minimum absolute atomic E-state index is 0.0101. The highest BCUT2D eigenvalue weighted by Gasteiger charge is 2.42. The number of para-hydroxylation sites is 1. The Hall–Kier alpha value is -3.54. The van der Waals surface area contributed by atoms with Gasteiger partial charge in [-0.2, -0.15) is 5.10 Å². The normalized spacial score (nSPS) is 19.4. The van der Waals surface area contributed by atoms with E-state index in [2.05, 4.69) is 6.07 Å². The molecule has 0 radical (unpaired) electrons. The summed E-state index contributed by atoms with van der Waals surface area (Å²) in [4.78, 5) is 0. The molecule has 2 atom stereocenters. The number of benzene rings is 3. The third-order valence-corrected chi connectivity index (χ3v) is 5.58. The first-order chi connectivity index (χ1) is 14.7. The summed E-state index contributed by atoms with van der Waals surface area (Å²) in [5.74, 6) is 1.98. The molecule has 30 heavy (non-hydrogen) atoms. The largest absolute Gasteiger partial charge is 0.497 e. The van der Waals surface area contributed by atoms with E-state index in [0.29, 0.717) is 17.9 Å². The molecule has 0 aromatic heterocycles. The number of hydrogen-bond donors (Lipinski definition) is 0. The summed E-state index contributed by atoms with van der Waals surface area (Å²) in [6.07, 6.45) is 0.224. The first-order valence-electron chi connectivity index (χ1n) is 9.77. The number of hydrazone groups is 1. The van der Waals surface area contributed by atoms with E-state index in [1.165, 1.54) is 12.1 Å².